The molecule has 98 valence electrons. The van der Waals surface area contributed by atoms with Crippen molar-refractivity contribution in [2.75, 3.05) is 6.54 Å². The van der Waals surface area contributed by atoms with Gasteiger partial charge in [-0.3, -0.25) is 9.59 Å². The van der Waals surface area contributed by atoms with Crippen molar-refractivity contribution in [3.8, 4) is 0 Å². The van der Waals surface area contributed by atoms with E-state index in [1.54, 1.807) is 12.1 Å². The quantitative estimate of drug-likeness (QED) is 0.897. The molecule has 0 radical (unpaired) electrons. The molecule has 0 spiro atoms. The number of aromatic nitrogens is 1. The van der Waals surface area contributed by atoms with Crippen LogP contribution in [0.25, 0.3) is 0 Å². The minimum atomic E-state index is -0.365. The number of halogens is 1. The first-order valence-corrected chi connectivity index (χ1v) is 6.24. The number of amides is 1. The molecule has 0 unspecified atom stereocenters. The lowest BCUT2D eigenvalue weighted by Crippen LogP contribution is -2.30. The van der Waals surface area contributed by atoms with Gasteiger partial charge >= 0.3 is 0 Å². The summed E-state index contributed by atoms with van der Waals surface area (Å²) >= 11 is 5.79. The van der Waals surface area contributed by atoms with Crippen molar-refractivity contribution < 1.29 is 4.79 Å². The lowest BCUT2D eigenvalue weighted by Gasteiger charge is -2.05. The summed E-state index contributed by atoms with van der Waals surface area (Å²) < 4.78 is 0. The number of H-pyrrole nitrogens is 1. The van der Waals surface area contributed by atoms with E-state index in [1.807, 2.05) is 12.1 Å². The van der Waals surface area contributed by atoms with E-state index < -0.39 is 0 Å². The lowest BCUT2D eigenvalue weighted by atomic mass is 10.1. The molecule has 0 atom stereocenters. The van der Waals surface area contributed by atoms with E-state index in [4.69, 9.17) is 11.6 Å². The molecule has 0 saturated heterocycles. The van der Waals surface area contributed by atoms with E-state index in [0.29, 0.717) is 18.0 Å². The molecular weight excluding hydrogens is 264 g/mol. The van der Waals surface area contributed by atoms with Gasteiger partial charge in [0.1, 0.15) is 5.56 Å². The Kier molecular flexibility index (Phi) is 4.36. The molecule has 2 rings (SSSR count). The minimum Gasteiger partial charge on any atom is -0.367 e. The average Bonchev–Trinajstić information content (AvgIpc) is 2.41. The molecule has 2 aromatic rings. The molecule has 1 aromatic heterocycles. The minimum absolute atomic E-state index is 0.124. The smallest absolute Gasteiger partial charge is 0.256 e. The molecule has 1 heterocycles. The van der Waals surface area contributed by atoms with E-state index >= 15 is 0 Å². The Morgan fingerprint density at radius 2 is 1.95 bits per heavy atom. The van der Waals surface area contributed by atoms with Gasteiger partial charge in [0.05, 0.1) is 0 Å². The van der Waals surface area contributed by atoms with Gasteiger partial charge in [-0.25, -0.2) is 0 Å². The van der Waals surface area contributed by atoms with Gasteiger partial charge in [-0.05, 0) is 24.1 Å². The van der Waals surface area contributed by atoms with Crippen LogP contribution in [0.2, 0.25) is 5.02 Å². The zero-order valence-electron chi connectivity index (χ0n) is 10.2. The molecule has 19 heavy (non-hydrogen) atoms. The van der Waals surface area contributed by atoms with E-state index in [-0.39, 0.29) is 16.9 Å². The van der Waals surface area contributed by atoms with E-state index in [1.165, 1.54) is 18.5 Å². The van der Waals surface area contributed by atoms with Crippen LogP contribution in [-0.2, 0) is 6.42 Å². The summed E-state index contributed by atoms with van der Waals surface area (Å²) in [5.74, 6) is -0.365. The van der Waals surface area contributed by atoms with Gasteiger partial charge in [-0.2, -0.15) is 0 Å². The summed E-state index contributed by atoms with van der Waals surface area (Å²) in [5, 5.41) is 3.39. The maximum Gasteiger partial charge on any atom is 0.256 e. The molecule has 2 N–H and O–H groups in total. The molecular formula is C14H13ClN2O2. The normalized spacial score (nSPS) is 10.2. The number of hydrogen-bond acceptors (Lipinski definition) is 2. The van der Waals surface area contributed by atoms with Crippen LogP contribution < -0.4 is 10.7 Å². The zero-order valence-corrected chi connectivity index (χ0v) is 10.9. The topological polar surface area (TPSA) is 62.0 Å². The van der Waals surface area contributed by atoms with Crippen molar-refractivity contribution in [3.05, 3.63) is 69.1 Å². The third-order valence-corrected chi connectivity index (χ3v) is 2.93. The number of carbonyl (C=O) groups is 1. The summed E-state index contributed by atoms with van der Waals surface area (Å²) in [7, 11) is 0. The molecule has 0 aliphatic carbocycles. The Bertz CT molecular complexity index is 620. The average molecular weight is 277 g/mol. The maximum absolute atomic E-state index is 11.8. The van der Waals surface area contributed by atoms with Crippen LogP contribution in [0, 0.1) is 0 Å². The first-order valence-electron chi connectivity index (χ1n) is 5.86. The molecule has 4 nitrogen and oxygen atoms in total. The summed E-state index contributed by atoms with van der Waals surface area (Å²) in [4.78, 5) is 25.9. The van der Waals surface area contributed by atoms with Crippen molar-refractivity contribution in [2.45, 2.75) is 6.42 Å². The number of benzene rings is 1. The SMILES string of the molecule is O=C(NCCc1ccc(Cl)cc1)c1c[nH]ccc1=O. The fourth-order valence-corrected chi connectivity index (χ4v) is 1.79. The fraction of sp³-hybridized carbons (Fsp3) is 0.143. The van der Waals surface area contributed by atoms with E-state index in [9.17, 15) is 9.59 Å². The molecule has 5 heteroatoms. The van der Waals surface area contributed by atoms with Crippen molar-refractivity contribution in [2.24, 2.45) is 0 Å². The monoisotopic (exact) mass is 276 g/mol. The highest BCUT2D eigenvalue weighted by atomic mass is 35.5. The van der Waals surface area contributed by atoms with Crippen molar-refractivity contribution in [1.29, 1.82) is 0 Å². The van der Waals surface area contributed by atoms with Crippen LogP contribution in [0.1, 0.15) is 15.9 Å². The van der Waals surface area contributed by atoms with Crippen LogP contribution in [0.4, 0.5) is 0 Å². The molecule has 0 bridgehead atoms. The Hall–Kier alpha value is -2.07. The summed E-state index contributed by atoms with van der Waals surface area (Å²) in [5.41, 5.74) is 0.910. The van der Waals surface area contributed by atoms with Gasteiger partial charge in [-0.15, -0.1) is 0 Å². The number of carbonyl (C=O) groups excluding carboxylic acids is 1. The van der Waals surface area contributed by atoms with Gasteiger partial charge in [0.15, 0.2) is 5.43 Å². The van der Waals surface area contributed by atoms with Gasteiger partial charge in [-0.1, -0.05) is 23.7 Å². The number of aromatic amines is 1. The van der Waals surface area contributed by atoms with Crippen molar-refractivity contribution in [3.63, 3.8) is 0 Å². The van der Waals surface area contributed by atoms with Crippen LogP contribution in [0.3, 0.4) is 0 Å². The lowest BCUT2D eigenvalue weighted by molar-refractivity contribution is 0.0952. The van der Waals surface area contributed by atoms with Crippen molar-refractivity contribution in [1.82, 2.24) is 10.3 Å². The second-order valence-electron chi connectivity index (χ2n) is 4.05. The molecule has 0 aliphatic rings. The summed E-state index contributed by atoms with van der Waals surface area (Å²) in [6.07, 6.45) is 3.58. The number of rotatable bonds is 4. The molecule has 1 amide bonds. The molecule has 0 aliphatic heterocycles. The first kappa shape index (κ1) is 13.4. The molecule has 0 saturated carbocycles. The summed E-state index contributed by atoms with van der Waals surface area (Å²) in [6.45, 7) is 0.467. The van der Waals surface area contributed by atoms with E-state index in [2.05, 4.69) is 10.3 Å². The Morgan fingerprint density at radius 3 is 2.63 bits per heavy atom. The first-order chi connectivity index (χ1) is 9.16. The van der Waals surface area contributed by atoms with Crippen LogP contribution in [0.5, 0.6) is 0 Å². The van der Waals surface area contributed by atoms with Gasteiger partial charge in [0, 0.05) is 30.0 Å². The second-order valence-corrected chi connectivity index (χ2v) is 4.49. The highest BCUT2D eigenvalue weighted by molar-refractivity contribution is 6.30. The zero-order chi connectivity index (χ0) is 13.7. The summed E-state index contributed by atoms with van der Waals surface area (Å²) in [6, 6.07) is 8.75. The fourth-order valence-electron chi connectivity index (χ4n) is 1.66. The van der Waals surface area contributed by atoms with E-state index in [0.717, 1.165) is 5.56 Å². The van der Waals surface area contributed by atoms with Crippen LogP contribution in [-0.4, -0.2) is 17.4 Å². The largest absolute Gasteiger partial charge is 0.367 e. The Morgan fingerprint density at radius 1 is 1.21 bits per heavy atom. The Labute approximate surface area is 115 Å². The number of hydrogen-bond donors (Lipinski definition) is 2. The molecule has 0 fully saturated rings. The third kappa shape index (κ3) is 3.69. The van der Waals surface area contributed by atoms with Crippen molar-refractivity contribution >= 4 is 17.5 Å². The third-order valence-electron chi connectivity index (χ3n) is 2.68. The highest BCUT2D eigenvalue weighted by Gasteiger charge is 2.08. The standard InChI is InChI=1S/C14H13ClN2O2/c15-11-3-1-10(2-4-11)5-8-17-14(19)12-9-16-7-6-13(12)18/h1-4,6-7,9H,5,8H2,(H,16,18)(H,17,19). The second kappa shape index (κ2) is 6.20. The molecule has 1 aromatic carbocycles. The Balaban J connectivity index is 1.89. The van der Waals surface area contributed by atoms with Crippen LogP contribution >= 0.6 is 11.6 Å². The predicted octanol–water partition coefficient (Wildman–Crippen LogP) is 2.00. The maximum atomic E-state index is 11.8. The van der Waals surface area contributed by atoms with Crippen LogP contribution in [0.15, 0.2) is 47.5 Å². The predicted molar refractivity (Wildman–Crippen MR) is 74.6 cm³/mol. The van der Waals surface area contributed by atoms with Gasteiger partial charge in [0.25, 0.3) is 5.91 Å². The van der Waals surface area contributed by atoms with Gasteiger partial charge in [0.2, 0.25) is 0 Å². The number of pyridine rings is 1. The highest BCUT2D eigenvalue weighted by Crippen LogP contribution is 2.09. The van der Waals surface area contributed by atoms with Gasteiger partial charge < -0.3 is 10.3 Å². The number of nitrogens with one attached hydrogen (secondary N) is 2.